The predicted molar refractivity (Wildman–Crippen MR) is 113 cm³/mol. The Morgan fingerprint density at radius 1 is 1.29 bits per heavy atom. The Hall–Kier alpha value is -2.64. The molecule has 0 fully saturated rings. The molecule has 1 atom stereocenters. The van der Waals surface area contributed by atoms with Crippen molar-refractivity contribution in [3.8, 4) is 5.75 Å². The molecule has 28 heavy (non-hydrogen) atoms. The lowest BCUT2D eigenvalue weighted by Gasteiger charge is -2.28. The molecule has 2 rings (SSSR count). The zero-order chi connectivity index (χ0) is 20.4. The number of hydrogen-bond donors (Lipinski definition) is 2. The fourth-order valence-electron chi connectivity index (χ4n) is 2.74. The van der Waals surface area contributed by atoms with Crippen LogP contribution >= 0.6 is 11.3 Å². The summed E-state index contributed by atoms with van der Waals surface area (Å²) in [6.07, 6.45) is 2.40. The second kappa shape index (κ2) is 11.3. The van der Waals surface area contributed by atoms with Gasteiger partial charge in [-0.1, -0.05) is 24.3 Å². The number of benzene rings is 1. The molecule has 0 bridgehead atoms. The van der Waals surface area contributed by atoms with E-state index in [0.717, 1.165) is 17.7 Å². The van der Waals surface area contributed by atoms with E-state index >= 15 is 0 Å². The highest BCUT2D eigenvalue weighted by Gasteiger charge is 2.20. The van der Waals surface area contributed by atoms with Gasteiger partial charge in [0.05, 0.1) is 13.7 Å². The molecule has 0 unspecified atom stereocenters. The Morgan fingerprint density at radius 2 is 2.04 bits per heavy atom. The summed E-state index contributed by atoms with van der Waals surface area (Å²) in [5, 5.41) is 6.96. The minimum absolute atomic E-state index is 0.125. The molecule has 1 heterocycles. The molecule has 0 aliphatic heterocycles. The molecular formula is C21H27N3O3S. The van der Waals surface area contributed by atoms with E-state index in [2.05, 4.69) is 35.1 Å². The van der Waals surface area contributed by atoms with E-state index in [1.807, 2.05) is 35.7 Å². The van der Waals surface area contributed by atoms with Crippen molar-refractivity contribution < 1.29 is 14.3 Å². The first-order valence-corrected chi connectivity index (χ1v) is 9.97. The van der Waals surface area contributed by atoms with Crippen molar-refractivity contribution in [3.05, 3.63) is 64.9 Å². The van der Waals surface area contributed by atoms with Crippen molar-refractivity contribution in [2.75, 3.05) is 20.2 Å². The molecule has 1 aromatic heterocycles. The zero-order valence-corrected chi connectivity index (χ0v) is 17.1. The number of amides is 3. The maximum Gasteiger partial charge on any atom is 0.321 e. The first-order valence-electron chi connectivity index (χ1n) is 9.09. The molecule has 150 valence electrons. The minimum atomic E-state index is -0.514. The minimum Gasteiger partial charge on any atom is -0.497 e. The number of nitrogens with one attached hydrogen (secondary N) is 2. The lowest BCUT2D eigenvalue weighted by Crippen LogP contribution is -2.46. The van der Waals surface area contributed by atoms with Crippen LogP contribution in [0, 0.1) is 0 Å². The average Bonchev–Trinajstić information content (AvgIpc) is 3.19. The molecule has 2 aromatic rings. The van der Waals surface area contributed by atoms with E-state index in [-0.39, 0.29) is 18.5 Å². The number of carbonyl (C=O) groups is 2. The van der Waals surface area contributed by atoms with Crippen molar-refractivity contribution >= 4 is 23.3 Å². The van der Waals surface area contributed by atoms with Crippen LogP contribution in [0.1, 0.15) is 17.4 Å². The molecule has 2 N–H and O–H groups in total. The van der Waals surface area contributed by atoms with Crippen LogP contribution in [0.15, 0.2) is 54.4 Å². The van der Waals surface area contributed by atoms with Crippen molar-refractivity contribution in [2.24, 2.45) is 0 Å². The lowest BCUT2D eigenvalue weighted by atomic mass is 10.1. The predicted octanol–water partition coefficient (Wildman–Crippen LogP) is 3.20. The Labute approximate surface area is 170 Å². The first-order chi connectivity index (χ1) is 13.5. The second-order valence-electron chi connectivity index (χ2n) is 6.43. The number of hydrogen-bond acceptors (Lipinski definition) is 5. The van der Waals surface area contributed by atoms with Gasteiger partial charge in [0, 0.05) is 24.0 Å². The summed E-state index contributed by atoms with van der Waals surface area (Å²) in [5.41, 5.74) is 1.07. The van der Waals surface area contributed by atoms with Gasteiger partial charge in [-0.25, -0.2) is 4.79 Å². The van der Waals surface area contributed by atoms with Gasteiger partial charge in [-0.2, -0.15) is 0 Å². The third-order valence-electron chi connectivity index (χ3n) is 4.25. The number of imide groups is 1. The quantitative estimate of drug-likeness (QED) is 0.600. The van der Waals surface area contributed by atoms with E-state index in [9.17, 15) is 9.59 Å². The summed E-state index contributed by atoms with van der Waals surface area (Å²) < 4.78 is 5.20. The number of carbonyl (C=O) groups excluding carboxylic acids is 2. The average molecular weight is 402 g/mol. The van der Waals surface area contributed by atoms with Crippen molar-refractivity contribution in [1.29, 1.82) is 0 Å². The van der Waals surface area contributed by atoms with E-state index < -0.39 is 6.03 Å². The maximum atomic E-state index is 12.4. The van der Waals surface area contributed by atoms with Crippen molar-refractivity contribution in [3.63, 3.8) is 0 Å². The number of urea groups is 1. The summed E-state index contributed by atoms with van der Waals surface area (Å²) in [7, 11) is 1.63. The third kappa shape index (κ3) is 7.17. The normalized spacial score (nSPS) is 11.7. The molecule has 7 heteroatoms. The van der Waals surface area contributed by atoms with Gasteiger partial charge < -0.3 is 10.1 Å². The second-order valence-corrected chi connectivity index (χ2v) is 7.46. The van der Waals surface area contributed by atoms with Crippen LogP contribution in [0.4, 0.5) is 4.79 Å². The molecule has 0 aliphatic rings. The van der Waals surface area contributed by atoms with Gasteiger partial charge in [0.2, 0.25) is 5.91 Å². The zero-order valence-electron chi connectivity index (χ0n) is 16.3. The van der Waals surface area contributed by atoms with Crippen molar-refractivity contribution in [2.45, 2.75) is 25.9 Å². The molecule has 0 saturated carbocycles. The Kier molecular flexibility index (Phi) is 8.71. The Bertz CT molecular complexity index is 760. The highest BCUT2D eigenvalue weighted by atomic mass is 32.1. The first kappa shape index (κ1) is 21.7. The molecule has 0 saturated heterocycles. The van der Waals surface area contributed by atoms with Crippen LogP contribution in [0.3, 0.4) is 0 Å². The SMILES string of the molecule is C=CCNC(=O)NC(=O)CN(Cc1ccc(OC)cc1)[C@H](C)Cc1cccs1. The van der Waals surface area contributed by atoms with Gasteiger partial charge in [0.25, 0.3) is 0 Å². The summed E-state index contributed by atoms with van der Waals surface area (Å²) in [6, 6.07) is 11.5. The molecule has 6 nitrogen and oxygen atoms in total. The molecule has 0 radical (unpaired) electrons. The van der Waals surface area contributed by atoms with Gasteiger partial charge in [0.1, 0.15) is 5.75 Å². The molecular weight excluding hydrogens is 374 g/mol. The van der Waals surface area contributed by atoms with E-state index in [0.29, 0.717) is 13.1 Å². The standard InChI is InChI=1S/C21H27N3O3S/c1-4-11-22-21(26)23-20(25)15-24(16(2)13-19-6-5-12-28-19)14-17-7-9-18(27-3)10-8-17/h4-10,12,16H,1,11,13-15H2,2-3H3,(H2,22,23,25,26)/t16-/m1/s1. The molecule has 0 aliphatic carbocycles. The largest absolute Gasteiger partial charge is 0.497 e. The maximum absolute atomic E-state index is 12.4. The van der Waals surface area contributed by atoms with Gasteiger partial charge >= 0.3 is 6.03 Å². The Morgan fingerprint density at radius 3 is 2.64 bits per heavy atom. The number of thiophene rings is 1. The van der Waals surface area contributed by atoms with Gasteiger partial charge in [0.15, 0.2) is 0 Å². The highest BCUT2D eigenvalue weighted by molar-refractivity contribution is 7.09. The molecule has 3 amide bonds. The van der Waals surface area contributed by atoms with Crippen LogP contribution in [0.2, 0.25) is 0 Å². The smallest absolute Gasteiger partial charge is 0.321 e. The topological polar surface area (TPSA) is 70.7 Å². The van der Waals surface area contributed by atoms with E-state index in [1.165, 1.54) is 4.88 Å². The molecule has 1 aromatic carbocycles. The monoisotopic (exact) mass is 401 g/mol. The molecule has 0 spiro atoms. The fraction of sp³-hybridized carbons (Fsp3) is 0.333. The van der Waals surface area contributed by atoms with Crippen LogP contribution < -0.4 is 15.4 Å². The summed E-state index contributed by atoms with van der Waals surface area (Å²) >= 11 is 1.70. The van der Waals surface area contributed by atoms with Crippen molar-refractivity contribution in [1.82, 2.24) is 15.5 Å². The lowest BCUT2D eigenvalue weighted by molar-refractivity contribution is -0.121. The summed E-state index contributed by atoms with van der Waals surface area (Å²) in [6.45, 7) is 6.66. The van der Waals surface area contributed by atoms with E-state index in [4.69, 9.17) is 4.74 Å². The number of rotatable bonds is 10. The number of methoxy groups -OCH3 is 1. The van der Waals surface area contributed by atoms with Gasteiger partial charge in [-0.3, -0.25) is 15.0 Å². The van der Waals surface area contributed by atoms with E-state index in [1.54, 1.807) is 24.5 Å². The van der Waals surface area contributed by atoms with Gasteiger partial charge in [-0.05, 0) is 42.5 Å². The van der Waals surface area contributed by atoms with Crippen LogP contribution in [0.5, 0.6) is 5.75 Å². The van der Waals surface area contributed by atoms with Crippen LogP contribution in [-0.4, -0.2) is 43.1 Å². The summed E-state index contributed by atoms with van der Waals surface area (Å²) in [4.78, 5) is 27.4. The Balaban J connectivity index is 2.04. The van der Waals surface area contributed by atoms with Crippen LogP contribution in [-0.2, 0) is 17.8 Å². The fourth-order valence-corrected chi connectivity index (χ4v) is 3.57. The van der Waals surface area contributed by atoms with Crippen LogP contribution in [0.25, 0.3) is 0 Å². The third-order valence-corrected chi connectivity index (χ3v) is 5.15. The number of ether oxygens (including phenoxy) is 1. The number of nitrogens with zero attached hydrogens (tertiary/aromatic N) is 1. The highest BCUT2D eigenvalue weighted by Crippen LogP contribution is 2.18. The van der Waals surface area contributed by atoms with Gasteiger partial charge in [-0.15, -0.1) is 17.9 Å². The summed E-state index contributed by atoms with van der Waals surface area (Å²) in [5.74, 6) is 0.451.